The summed E-state index contributed by atoms with van der Waals surface area (Å²) in [5, 5.41) is 6.32. The highest BCUT2D eigenvalue weighted by atomic mass is 127. The molecule has 0 amide bonds. The van der Waals surface area contributed by atoms with Crippen molar-refractivity contribution < 1.29 is 8.42 Å². The molecule has 8 heteroatoms. The summed E-state index contributed by atoms with van der Waals surface area (Å²) >= 11 is 0. The molecule has 1 atom stereocenters. The highest BCUT2D eigenvalue weighted by molar-refractivity contribution is 14.0. The van der Waals surface area contributed by atoms with Crippen LogP contribution in [0.4, 0.5) is 0 Å². The van der Waals surface area contributed by atoms with Gasteiger partial charge in [-0.15, -0.1) is 24.0 Å². The van der Waals surface area contributed by atoms with E-state index >= 15 is 0 Å². The molecule has 6 nitrogen and oxygen atoms in total. The van der Waals surface area contributed by atoms with Crippen LogP contribution in [0.25, 0.3) is 0 Å². The van der Waals surface area contributed by atoms with Gasteiger partial charge < -0.3 is 10.6 Å². The lowest BCUT2D eigenvalue weighted by Crippen LogP contribution is -2.42. The van der Waals surface area contributed by atoms with E-state index in [9.17, 15) is 8.42 Å². The summed E-state index contributed by atoms with van der Waals surface area (Å²) in [6, 6.07) is 10.1. The Bertz CT molecular complexity index is 589. The van der Waals surface area contributed by atoms with Gasteiger partial charge in [-0.05, 0) is 12.5 Å². The minimum atomic E-state index is -3.22. The van der Waals surface area contributed by atoms with Crippen LogP contribution in [0.1, 0.15) is 32.4 Å². The molecule has 0 heterocycles. The first-order chi connectivity index (χ1) is 10.9. The maximum atomic E-state index is 12.1. The summed E-state index contributed by atoms with van der Waals surface area (Å²) in [4.78, 5) is 4.14. The second kappa shape index (κ2) is 11.6. The van der Waals surface area contributed by atoms with Gasteiger partial charge in [-0.25, -0.2) is 12.7 Å². The van der Waals surface area contributed by atoms with Gasteiger partial charge in [0, 0.05) is 26.7 Å². The topological polar surface area (TPSA) is 73.8 Å². The third kappa shape index (κ3) is 7.35. The molecule has 0 bridgehead atoms. The number of benzene rings is 1. The Morgan fingerprint density at radius 3 is 2.29 bits per heavy atom. The fraction of sp³-hybridized carbons (Fsp3) is 0.562. The van der Waals surface area contributed by atoms with Crippen molar-refractivity contribution in [1.82, 2.24) is 14.9 Å². The molecule has 138 valence electrons. The molecule has 1 aromatic rings. The van der Waals surface area contributed by atoms with Gasteiger partial charge in [-0.3, -0.25) is 4.99 Å². The molecule has 0 aromatic heterocycles. The number of hydrogen-bond acceptors (Lipinski definition) is 3. The predicted octanol–water partition coefficient (Wildman–Crippen LogP) is 2.20. The van der Waals surface area contributed by atoms with E-state index in [2.05, 4.69) is 15.6 Å². The molecule has 0 fully saturated rings. The second-order valence-corrected chi connectivity index (χ2v) is 7.26. The molecule has 0 aliphatic heterocycles. The molecule has 2 N–H and O–H groups in total. The number of guanidine groups is 1. The van der Waals surface area contributed by atoms with E-state index in [1.165, 1.54) is 4.31 Å². The first-order valence-electron chi connectivity index (χ1n) is 7.94. The van der Waals surface area contributed by atoms with E-state index in [0.29, 0.717) is 25.6 Å². The monoisotopic (exact) mass is 468 g/mol. The van der Waals surface area contributed by atoms with E-state index in [-0.39, 0.29) is 35.8 Å². The molecular formula is C16H29IN4O2S. The summed E-state index contributed by atoms with van der Waals surface area (Å²) in [7, 11) is -1.55. The third-order valence-corrected chi connectivity index (χ3v) is 5.65. The predicted molar refractivity (Wildman–Crippen MR) is 111 cm³/mol. The van der Waals surface area contributed by atoms with Gasteiger partial charge in [0.25, 0.3) is 0 Å². The summed E-state index contributed by atoms with van der Waals surface area (Å²) in [6.07, 6.45) is 0. The fourth-order valence-corrected chi connectivity index (χ4v) is 3.67. The molecule has 0 aliphatic carbocycles. The fourth-order valence-electron chi connectivity index (χ4n) is 2.27. The number of nitrogens with one attached hydrogen (secondary N) is 2. The first-order valence-corrected chi connectivity index (χ1v) is 9.55. The van der Waals surface area contributed by atoms with E-state index < -0.39 is 10.0 Å². The van der Waals surface area contributed by atoms with Crippen molar-refractivity contribution in [1.29, 1.82) is 0 Å². The van der Waals surface area contributed by atoms with Gasteiger partial charge >= 0.3 is 0 Å². The van der Waals surface area contributed by atoms with Crippen molar-refractivity contribution in [2.75, 3.05) is 32.4 Å². The minimum Gasteiger partial charge on any atom is -0.355 e. The molecule has 0 spiro atoms. The van der Waals surface area contributed by atoms with Crippen molar-refractivity contribution in [2.24, 2.45) is 4.99 Å². The minimum absolute atomic E-state index is 0. The highest BCUT2D eigenvalue weighted by Crippen LogP contribution is 2.10. The summed E-state index contributed by atoms with van der Waals surface area (Å²) in [5.74, 6) is 0.644. The van der Waals surface area contributed by atoms with E-state index in [1.54, 1.807) is 7.05 Å². The molecule has 1 aromatic carbocycles. The van der Waals surface area contributed by atoms with Gasteiger partial charge in [0.1, 0.15) is 0 Å². The second-order valence-electron chi connectivity index (χ2n) is 5.18. The molecule has 0 radical (unpaired) electrons. The maximum Gasteiger partial charge on any atom is 0.215 e. The standard InChI is InChI=1S/C16H28N4O2S.HI/c1-5-20(6-2)23(21,22)13-12-18-16(17-4)19-14(3)15-10-8-7-9-11-15;/h7-11,14H,5-6,12-13H2,1-4H3,(H2,17,18,19);1H. The Hall–Kier alpha value is -0.870. The number of hydrogen-bond donors (Lipinski definition) is 2. The van der Waals surface area contributed by atoms with Gasteiger partial charge in [-0.1, -0.05) is 44.2 Å². The number of sulfonamides is 1. The van der Waals surface area contributed by atoms with Gasteiger partial charge in [0.05, 0.1) is 11.8 Å². The van der Waals surface area contributed by atoms with Crippen molar-refractivity contribution in [3.63, 3.8) is 0 Å². The van der Waals surface area contributed by atoms with Crippen molar-refractivity contribution in [3.05, 3.63) is 35.9 Å². The normalized spacial score (nSPS) is 13.3. The summed E-state index contributed by atoms with van der Waals surface area (Å²) in [5.41, 5.74) is 1.14. The molecule has 1 rings (SSSR count). The lowest BCUT2D eigenvalue weighted by atomic mass is 10.1. The molecular weight excluding hydrogens is 439 g/mol. The lowest BCUT2D eigenvalue weighted by Gasteiger charge is -2.20. The summed E-state index contributed by atoms with van der Waals surface area (Å²) in [6.45, 7) is 7.04. The zero-order valence-electron chi connectivity index (χ0n) is 14.8. The van der Waals surface area contributed by atoms with Crippen molar-refractivity contribution in [2.45, 2.75) is 26.8 Å². The first kappa shape index (κ1) is 23.1. The van der Waals surface area contributed by atoms with Crippen LogP contribution >= 0.6 is 24.0 Å². The average molecular weight is 468 g/mol. The molecule has 0 saturated heterocycles. The zero-order chi connectivity index (χ0) is 17.3. The number of aliphatic imine (C=N–C) groups is 1. The van der Waals surface area contributed by atoms with E-state index in [0.717, 1.165) is 5.56 Å². The van der Waals surface area contributed by atoms with Crippen LogP contribution in [-0.2, 0) is 10.0 Å². The summed E-state index contributed by atoms with van der Waals surface area (Å²) < 4.78 is 25.7. The van der Waals surface area contributed by atoms with Crippen LogP contribution in [0.3, 0.4) is 0 Å². The Morgan fingerprint density at radius 2 is 1.79 bits per heavy atom. The smallest absolute Gasteiger partial charge is 0.215 e. The quantitative estimate of drug-likeness (QED) is 0.349. The van der Waals surface area contributed by atoms with Crippen molar-refractivity contribution >= 4 is 40.0 Å². The number of nitrogens with zero attached hydrogens (tertiary/aromatic N) is 2. The van der Waals surface area contributed by atoms with Crippen LogP contribution in [0.5, 0.6) is 0 Å². The van der Waals surface area contributed by atoms with Crippen LogP contribution in [0.2, 0.25) is 0 Å². The van der Waals surface area contributed by atoms with Gasteiger partial charge in [-0.2, -0.15) is 0 Å². The van der Waals surface area contributed by atoms with E-state index in [1.807, 2.05) is 51.1 Å². The Balaban J connectivity index is 0.00000529. The van der Waals surface area contributed by atoms with Crippen molar-refractivity contribution in [3.8, 4) is 0 Å². The van der Waals surface area contributed by atoms with Crippen LogP contribution in [0, 0.1) is 0 Å². The van der Waals surface area contributed by atoms with Crippen LogP contribution in [0.15, 0.2) is 35.3 Å². The Morgan fingerprint density at radius 1 is 1.21 bits per heavy atom. The molecule has 24 heavy (non-hydrogen) atoms. The Labute approximate surface area is 163 Å². The number of rotatable bonds is 8. The number of halogens is 1. The van der Waals surface area contributed by atoms with Crippen LogP contribution < -0.4 is 10.6 Å². The SMILES string of the molecule is CCN(CC)S(=O)(=O)CCNC(=NC)NC(C)c1ccccc1.I. The zero-order valence-corrected chi connectivity index (χ0v) is 18.0. The largest absolute Gasteiger partial charge is 0.355 e. The molecule has 1 unspecified atom stereocenters. The Kier molecular flexibility index (Phi) is 11.2. The molecule has 0 aliphatic rings. The highest BCUT2D eigenvalue weighted by Gasteiger charge is 2.18. The van der Waals surface area contributed by atoms with Gasteiger partial charge in [0.2, 0.25) is 10.0 Å². The third-order valence-electron chi connectivity index (χ3n) is 3.63. The average Bonchev–Trinajstić information content (AvgIpc) is 2.55. The lowest BCUT2D eigenvalue weighted by molar-refractivity contribution is 0.445. The van der Waals surface area contributed by atoms with Gasteiger partial charge in [0.15, 0.2) is 5.96 Å². The van der Waals surface area contributed by atoms with Crippen LogP contribution in [-0.4, -0.2) is 51.1 Å². The maximum absolute atomic E-state index is 12.1. The molecule has 0 saturated carbocycles. The van der Waals surface area contributed by atoms with E-state index in [4.69, 9.17) is 0 Å².